The first kappa shape index (κ1) is 9.83. The van der Waals surface area contributed by atoms with E-state index in [9.17, 15) is 0 Å². The van der Waals surface area contributed by atoms with Crippen molar-refractivity contribution in [3.05, 3.63) is 12.2 Å². The maximum Gasteiger partial charge on any atom is -0.0317 e. The fraction of sp³-hybridized carbons (Fsp3) is 0.833. The number of rotatable bonds is 4. The van der Waals surface area contributed by atoms with Crippen LogP contribution in [0.5, 0.6) is 0 Å². The van der Waals surface area contributed by atoms with E-state index in [4.69, 9.17) is 0 Å². The van der Waals surface area contributed by atoms with Crippen LogP contribution in [0.25, 0.3) is 0 Å². The summed E-state index contributed by atoms with van der Waals surface area (Å²) in [6, 6.07) is 0. The average molecular weight is 166 g/mol. The van der Waals surface area contributed by atoms with Crippen LogP contribution in [0.15, 0.2) is 12.2 Å². The topological polar surface area (TPSA) is 0 Å². The lowest BCUT2D eigenvalue weighted by molar-refractivity contribution is 0.283. The van der Waals surface area contributed by atoms with Crippen LogP contribution < -0.4 is 0 Å². The molecular weight excluding hydrogens is 144 g/mol. The van der Waals surface area contributed by atoms with Crippen LogP contribution in [0, 0.1) is 17.8 Å². The monoisotopic (exact) mass is 166 g/mol. The Labute approximate surface area is 77.1 Å². The highest BCUT2D eigenvalue weighted by Crippen LogP contribution is 2.32. The van der Waals surface area contributed by atoms with Crippen LogP contribution in [-0.4, -0.2) is 0 Å². The molecule has 0 radical (unpaired) electrons. The molecule has 0 aromatic heterocycles. The van der Waals surface area contributed by atoms with Gasteiger partial charge in [0.25, 0.3) is 0 Å². The van der Waals surface area contributed by atoms with Crippen LogP contribution in [-0.2, 0) is 0 Å². The lowest BCUT2D eigenvalue weighted by Gasteiger charge is -2.23. The van der Waals surface area contributed by atoms with Gasteiger partial charge in [0, 0.05) is 0 Å². The second-order valence-corrected chi connectivity index (χ2v) is 4.50. The fourth-order valence-corrected chi connectivity index (χ4v) is 2.32. The molecular formula is C12H22. The molecule has 0 fully saturated rings. The minimum atomic E-state index is 0.871. The lowest BCUT2D eigenvalue weighted by Crippen LogP contribution is -2.13. The molecule has 0 spiro atoms. The SMILES string of the molecule is CCC(CC(C)C)C1CC=CC1. The summed E-state index contributed by atoms with van der Waals surface area (Å²) in [4.78, 5) is 0. The van der Waals surface area contributed by atoms with Gasteiger partial charge in [-0.3, -0.25) is 0 Å². The first-order valence-corrected chi connectivity index (χ1v) is 5.39. The minimum Gasteiger partial charge on any atom is -0.0882 e. The number of allylic oxidation sites excluding steroid dienone is 2. The van der Waals surface area contributed by atoms with Crippen molar-refractivity contribution in [2.24, 2.45) is 17.8 Å². The molecule has 0 saturated heterocycles. The molecule has 0 nitrogen and oxygen atoms in total. The Morgan fingerprint density at radius 2 is 1.83 bits per heavy atom. The molecule has 12 heavy (non-hydrogen) atoms. The second kappa shape index (κ2) is 4.69. The van der Waals surface area contributed by atoms with E-state index in [1.54, 1.807) is 0 Å². The Hall–Kier alpha value is -0.260. The van der Waals surface area contributed by atoms with Gasteiger partial charge in [-0.2, -0.15) is 0 Å². The van der Waals surface area contributed by atoms with E-state index in [1.807, 2.05) is 0 Å². The predicted molar refractivity (Wildman–Crippen MR) is 55.1 cm³/mol. The Morgan fingerprint density at radius 1 is 1.25 bits per heavy atom. The summed E-state index contributed by atoms with van der Waals surface area (Å²) in [6.45, 7) is 7.02. The zero-order chi connectivity index (χ0) is 8.97. The van der Waals surface area contributed by atoms with Gasteiger partial charge < -0.3 is 0 Å². The van der Waals surface area contributed by atoms with Crippen molar-refractivity contribution in [2.45, 2.75) is 46.5 Å². The molecule has 0 heterocycles. The van der Waals surface area contributed by atoms with Gasteiger partial charge in [0.2, 0.25) is 0 Å². The van der Waals surface area contributed by atoms with Gasteiger partial charge in [0.05, 0.1) is 0 Å². The van der Waals surface area contributed by atoms with Crippen molar-refractivity contribution in [3.8, 4) is 0 Å². The third-order valence-corrected chi connectivity index (χ3v) is 3.01. The summed E-state index contributed by atoms with van der Waals surface area (Å²) in [5.41, 5.74) is 0. The average Bonchev–Trinajstić information content (AvgIpc) is 2.51. The molecule has 0 N–H and O–H groups in total. The van der Waals surface area contributed by atoms with Crippen molar-refractivity contribution >= 4 is 0 Å². The van der Waals surface area contributed by atoms with Crippen molar-refractivity contribution in [1.82, 2.24) is 0 Å². The van der Waals surface area contributed by atoms with Crippen molar-refractivity contribution < 1.29 is 0 Å². The van der Waals surface area contributed by atoms with Crippen LogP contribution in [0.1, 0.15) is 46.5 Å². The van der Waals surface area contributed by atoms with E-state index in [2.05, 4.69) is 32.9 Å². The zero-order valence-corrected chi connectivity index (χ0v) is 8.72. The highest BCUT2D eigenvalue weighted by Gasteiger charge is 2.21. The molecule has 0 aromatic rings. The zero-order valence-electron chi connectivity index (χ0n) is 8.72. The van der Waals surface area contributed by atoms with Gasteiger partial charge in [-0.05, 0) is 37.0 Å². The summed E-state index contributed by atoms with van der Waals surface area (Å²) in [5, 5.41) is 0. The first-order valence-electron chi connectivity index (χ1n) is 5.39. The second-order valence-electron chi connectivity index (χ2n) is 4.50. The maximum atomic E-state index is 2.35. The normalized spacial score (nSPS) is 20.7. The summed E-state index contributed by atoms with van der Waals surface area (Å²) < 4.78 is 0. The third kappa shape index (κ3) is 2.66. The highest BCUT2D eigenvalue weighted by atomic mass is 14.3. The van der Waals surface area contributed by atoms with Crippen LogP contribution in [0.2, 0.25) is 0 Å². The Kier molecular flexibility index (Phi) is 3.84. The molecule has 1 atom stereocenters. The molecule has 0 aliphatic heterocycles. The molecule has 0 bridgehead atoms. The van der Waals surface area contributed by atoms with E-state index in [0.717, 1.165) is 17.8 Å². The molecule has 1 unspecified atom stereocenters. The van der Waals surface area contributed by atoms with E-state index in [1.165, 1.54) is 25.7 Å². The van der Waals surface area contributed by atoms with Crippen LogP contribution >= 0.6 is 0 Å². The Bertz CT molecular complexity index is 136. The van der Waals surface area contributed by atoms with Gasteiger partial charge in [-0.1, -0.05) is 39.3 Å². The smallest absolute Gasteiger partial charge is 0.0317 e. The molecule has 0 saturated carbocycles. The standard InChI is InChI=1S/C12H22/c1-4-11(9-10(2)3)12-7-5-6-8-12/h5-6,10-12H,4,7-9H2,1-3H3. The van der Waals surface area contributed by atoms with Gasteiger partial charge >= 0.3 is 0 Å². The Balaban J connectivity index is 2.34. The van der Waals surface area contributed by atoms with Gasteiger partial charge in [-0.15, -0.1) is 0 Å². The quantitative estimate of drug-likeness (QED) is 0.553. The molecule has 1 aliphatic carbocycles. The largest absolute Gasteiger partial charge is 0.0882 e. The highest BCUT2D eigenvalue weighted by molar-refractivity contribution is 4.96. The van der Waals surface area contributed by atoms with E-state index >= 15 is 0 Å². The predicted octanol–water partition coefficient (Wildman–Crippen LogP) is 4.02. The molecule has 1 rings (SSSR count). The maximum absolute atomic E-state index is 2.35. The van der Waals surface area contributed by atoms with E-state index in [0.29, 0.717) is 0 Å². The van der Waals surface area contributed by atoms with Crippen molar-refractivity contribution in [1.29, 1.82) is 0 Å². The fourth-order valence-electron chi connectivity index (χ4n) is 2.32. The first-order chi connectivity index (χ1) is 5.74. The van der Waals surface area contributed by atoms with Gasteiger partial charge in [-0.25, -0.2) is 0 Å². The molecule has 70 valence electrons. The number of hydrogen-bond acceptors (Lipinski definition) is 0. The molecule has 1 aliphatic rings. The van der Waals surface area contributed by atoms with Crippen molar-refractivity contribution in [3.63, 3.8) is 0 Å². The number of hydrogen-bond donors (Lipinski definition) is 0. The van der Waals surface area contributed by atoms with Gasteiger partial charge in [0.15, 0.2) is 0 Å². The Morgan fingerprint density at radius 3 is 2.25 bits per heavy atom. The molecule has 0 amide bonds. The van der Waals surface area contributed by atoms with Crippen LogP contribution in [0.4, 0.5) is 0 Å². The van der Waals surface area contributed by atoms with E-state index < -0.39 is 0 Å². The minimum absolute atomic E-state index is 0.871. The third-order valence-electron chi connectivity index (χ3n) is 3.01. The van der Waals surface area contributed by atoms with Gasteiger partial charge in [0.1, 0.15) is 0 Å². The van der Waals surface area contributed by atoms with E-state index in [-0.39, 0.29) is 0 Å². The summed E-state index contributed by atoms with van der Waals surface area (Å²) in [7, 11) is 0. The van der Waals surface area contributed by atoms with Crippen molar-refractivity contribution in [2.75, 3.05) is 0 Å². The summed E-state index contributed by atoms with van der Waals surface area (Å²) in [5.74, 6) is 2.81. The lowest BCUT2D eigenvalue weighted by atomic mass is 9.82. The van der Waals surface area contributed by atoms with Crippen LogP contribution in [0.3, 0.4) is 0 Å². The molecule has 0 aromatic carbocycles. The summed E-state index contributed by atoms with van der Waals surface area (Å²) in [6.07, 6.45) is 10.2. The molecule has 0 heteroatoms. The summed E-state index contributed by atoms with van der Waals surface area (Å²) >= 11 is 0.